The molecule has 0 aromatic heterocycles. The summed E-state index contributed by atoms with van der Waals surface area (Å²) in [7, 11) is -1.99. The van der Waals surface area contributed by atoms with Crippen LogP contribution in [0.3, 0.4) is 0 Å². The number of hydrogen-bond donors (Lipinski definition) is 0. The Labute approximate surface area is 98.5 Å². The molecule has 0 N–H and O–H groups in total. The first-order valence-electron chi connectivity index (χ1n) is 5.74. The van der Waals surface area contributed by atoms with Crippen LogP contribution in [0.25, 0.3) is 0 Å². The molecule has 0 unspecified atom stereocenters. The molecule has 1 rings (SSSR count). The van der Waals surface area contributed by atoms with E-state index in [0.717, 1.165) is 25.7 Å². The van der Waals surface area contributed by atoms with Crippen LogP contribution in [-0.2, 0) is 18.4 Å². The van der Waals surface area contributed by atoms with Crippen molar-refractivity contribution >= 4 is 14.5 Å². The zero-order chi connectivity index (χ0) is 12.2. The minimum Gasteiger partial charge on any atom is -0.466 e. The number of carbonyl (C=O) groups excluding carboxylic acids is 1. The monoisotopic (exact) mass is 246 g/mol. The molecule has 0 atom stereocenters. The van der Waals surface area contributed by atoms with Gasteiger partial charge in [-0.25, -0.2) is 0 Å². The maximum atomic E-state index is 10.6. The van der Waals surface area contributed by atoms with Crippen molar-refractivity contribution in [2.75, 3.05) is 19.8 Å². The smallest absolute Gasteiger partial charge is 0.335 e. The van der Waals surface area contributed by atoms with Gasteiger partial charge < -0.3 is 13.6 Å². The molecule has 0 amide bonds. The van der Waals surface area contributed by atoms with Gasteiger partial charge in [0, 0.05) is 25.6 Å². The van der Waals surface area contributed by atoms with Gasteiger partial charge in [-0.3, -0.25) is 4.79 Å². The second-order valence-electron chi connectivity index (χ2n) is 5.32. The van der Waals surface area contributed by atoms with E-state index in [2.05, 4.69) is 20.4 Å². The van der Waals surface area contributed by atoms with Crippen LogP contribution >= 0.6 is 0 Å². The van der Waals surface area contributed by atoms with Crippen LogP contribution in [-0.4, -0.2) is 34.4 Å². The van der Waals surface area contributed by atoms with Gasteiger partial charge in [-0.15, -0.1) is 0 Å². The van der Waals surface area contributed by atoms with Crippen molar-refractivity contribution in [3.63, 3.8) is 0 Å². The lowest BCUT2D eigenvalue weighted by Gasteiger charge is -2.39. The van der Waals surface area contributed by atoms with Gasteiger partial charge in [0.2, 0.25) is 0 Å². The van der Waals surface area contributed by atoms with Crippen LogP contribution in [0.2, 0.25) is 12.6 Å². The summed E-state index contributed by atoms with van der Waals surface area (Å²) >= 11 is 0. The first kappa shape index (κ1) is 13.7. The summed E-state index contributed by atoms with van der Waals surface area (Å²) < 4.78 is 16.6. The van der Waals surface area contributed by atoms with E-state index >= 15 is 0 Å². The summed E-state index contributed by atoms with van der Waals surface area (Å²) in [6.07, 6.45) is 0.822. The van der Waals surface area contributed by atoms with Gasteiger partial charge in [-0.05, 0) is 19.0 Å². The van der Waals surface area contributed by atoms with Crippen molar-refractivity contribution in [1.29, 1.82) is 0 Å². The zero-order valence-corrected chi connectivity index (χ0v) is 11.7. The quantitative estimate of drug-likeness (QED) is 0.433. The van der Waals surface area contributed by atoms with E-state index in [-0.39, 0.29) is 11.4 Å². The first-order valence-corrected chi connectivity index (χ1v) is 8.27. The molecule has 1 fully saturated rings. The standard InChI is InChI=1S/C11H22O4Si/c1-10(12)13-6-5-7-16(4)14-8-11(2,3)9-15-16/h5-9H2,1-4H3. The van der Waals surface area contributed by atoms with Gasteiger partial charge in [-0.2, -0.15) is 0 Å². The molecule has 94 valence electrons. The van der Waals surface area contributed by atoms with Crippen LogP contribution < -0.4 is 0 Å². The van der Waals surface area contributed by atoms with Crippen molar-refractivity contribution < 1.29 is 18.4 Å². The largest absolute Gasteiger partial charge is 0.466 e. The summed E-state index contributed by atoms with van der Waals surface area (Å²) in [5.74, 6) is -0.224. The van der Waals surface area contributed by atoms with Gasteiger partial charge in [0.25, 0.3) is 0 Å². The predicted octanol–water partition coefficient (Wildman–Crippen LogP) is 2.08. The molecule has 1 heterocycles. The minimum atomic E-state index is -1.99. The Morgan fingerprint density at radius 1 is 1.38 bits per heavy atom. The van der Waals surface area contributed by atoms with Crippen molar-refractivity contribution in [2.24, 2.45) is 5.41 Å². The van der Waals surface area contributed by atoms with Gasteiger partial charge in [0.05, 0.1) is 6.61 Å². The highest BCUT2D eigenvalue weighted by Crippen LogP contribution is 2.29. The predicted molar refractivity (Wildman–Crippen MR) is 63.4 cm³/mol. The molecule has 0 radical (unpaired) electrons. The van der Waals surface area contributed by atoms with E-state index in [0.29, 0.717) is 6.61 Å². The Hall–Kier alpha value is -0.393. The fourth-order valence-corrected chi connectivity index (χ4v) is 4.08. The molecular formula is C11H22O4Si. The van der Waals surface area contributed by atoms with Crippen molar-refractivity contribution in [1.82, 2.24) is 0 Å². The number of carbonyl (C=O) groups is 1. The number of rotatable bonds is 4. The summed E-state index contributed by atoms with van der Waals surface area (Å²) in [5, 5.41) is 0. The molecule has 0 bridgehead atoms. The third kappa shape index (κ3) is 4.63. The molecule has 5 heteroatoms. The van der Waals surface area contributed by atoms with Gasteiger partial charge >= 0.3 is 14.5 Å². The summed E-state index contributed by atoms with van der Waals surface area (Å²) in [5.41, 5.74) is 0.127. The lowest BCUT2D eigenvalue weighted by atomic mass is 9.97. The molecule has 0 aromatic carbocycles. The topological polar surface area (TPSA) is 44.8 Å². The Kier molecular flexibility index (Phi) is 4.52. The van der Waals surface area contributed by atoms with Crippen LogP contribution in [0.15, 0.2) is 0 Å². The summed E-state index contributed by atoms with van der Waals surface area (Å²) in [6.45, 7) is 9.78. The highest BCUT2D eigenvalue weighted by atomic mass is 28.4. The van der Waals surface area contributed by atoms with E-state index in [1.54, 1.807) is 0 Å². The third-order valence-corrected chi connectivity index (χ3v) is 5.39. The average molecular weight is 246 g/mol. The fraction of sp³-hybridized carbons (Fsp3) is 0.909. The number of hydrogen-bond acceptors (Lipinski definition) is 4. The minimum absolute atomic E-state index is 0.127. The second kappa shape index (κ2) is 5.29. The van der Waals surface area contributed by atoms with E-state index in [1.807, 2.05) is 0 Å². The van der Waals surface area contributed by atoms with Gasteiger partial charge in [-0.1, -0.05) is 13.8 Å². The Bertz CT molecular complexity index is 242. The molecule has 1 saturated heterocycles. The molecule has 4 nitrogen and oxygen atoms in total. The molecule has 0 aliphatic carbocycles. The van der Waals surface area contributed by atoms with E-state index in [4.69, 9.17) is 13.6 Å². The lowest BCUT2D eigenvalue weighted by Crippen LogP contribution is -2.49. The van der Waals surface area contributed by atoms with Crippen molar-refractivity contribution in [2.45, 2.75) is 39.8 Å². The molecule has 0 aromatic rings. The lowest BCUT2D eigenvalue weighted by molar-refractivity contribution is -0.141. The zero-order valence-electron chi connectivity index (χ0n) is 10.7. The highest BCUT2D eigenvalue weighted by Gasteiger charge is 2.39. The van der Waals surface area contributed by atoms with Crippen LogP contribution in [0.5, 0.6) is 0 Å². The summed E-state index contributed by atoms with van der Waals surface area (Å²) in [6, 6.07) is 0.885. The van der Waals surface area contributed by atoms with Gasteiger partial charge in [0.15, 0.2) is 0 Å². The third-order valence-electron chi connectivity index (χ3n) is 2.62. The van der Waals surface area contributed by atoms with Crippen LogP contribution in [0, 0.1) is 5.41 Å². The Morgan fingerprint density at radius 3 is 2.44 bits per heavy atom. The molecular weight excluding hydrogens is 224 g/mol. The van der Waals surface area contributed by atoms with Crippen LogP contribution in [0.4, 0.5) is 0 Å². The molecule has 1 aliphatic heterocycles. The molecule has 1 aliphatic rings. The van der Waals surface area contributed by atoms with E-state index < -0.39 is 8.56 Å². The highest BCUT2D eigenvalue weighted by molar-refractivity contribution is 6.66. The van der Waals surface area contributed by atoms with Crippen LogP contribution in [0.1, 0.15) is 27.2 Å². The number of esters is 1. The SMILES string of the molecule is CC(=O)OCCC[Si]1(C)OCC(C)(C)CO1. The fourth-order valence-electron chi connectivity index (χ4n) is 1.53. The molecule has 0 spiro atoms. The van der Waals surface area contributed by atoms with E-state index in [9.17, 15) is 4.79 Å². The average Bonchev–Trinajstić information content (AvgIpc) is 2.18. The van der Waals surface area contributed by atoms with Crippen molar-refractivity contribution in [3.05, 3.63) is 0 Å². The normalized spacial score (nSPS) is 22.8. The summed E-state index contributed by atoms with van der Waals surface area (Å²) in [4.78, 5) is 10.6. The maximum absolute atomic E-state index is 10.6. The van der Waals surface area contributed by atoms with Crippen molar-refractivity contribution in [3.8, 4) is 0 Å². The van der Waals surface area contributed by atoms with E-state index in [1.165, 1.54) is 6.92 Å². The van der Waals surface area contributed by atoms with Gasteiger partial charge in [0.1, 0.15) is 0 Å². The first-order chi connectivity index (χ1) is 7.33. The molecule has 16 heavy (non-hydrogen) atoms. The number of ether oxygens (including phenoxy) is 1. The second-order valence-corrected chi connectivity index (χ2v) is 8.66. The maximum Gasteiger partial charge on any atom is 0.335 e. The Balaban J connectivity index is 2.23. The molecule has 0 saturated carbocycles. The Morgan fingerprint density at radius 2 is 1.94 bits per heavy atom.